The van der Waals surface area contributed by atoms with Gasteiger partial charge in [0.05, 0.1) is 12.1 Å². The summed E-state index contributed by atoms with van der Waals surface area (Å²) in [7, 11) is 0. The summed E-state index contributed by atoms with van der Waals surface area (Å²) in [6, 6.07) is 21.3. The topological polar surface area (TPSA) is 87.7 Å². The lowest BCUT2D eigenvalue weighted by Gasteiger charge is -2.27. The number of hydrogen-bond acceptors (Lipinski definition) is 5. The lowest BCUT2D eigenvalue weighted by Crippen LogP contribution is -2.31. The van der Waals surface area contributed by atoms with Gasteiger partial charge < -0.3 is 19.5 Å². The number of phenols is 1. The smallest absolute Gasteiger partial charge is 0.273 e. The minimum atomic E-state index is -0.388. The predicted octanol–water partition coefficient (Wildman–Crippen LogP) is 6.34. The molecule has 0 saturated carbocycles. The highest BCUT2D eigenvalue weighted by molar-refractivity contribution is 6.00. The number of amides is 1. The molecule has 7 nitrogen and oxygen atoms in total. The Kier molecular flexibility index (Phi) is 7.70. The molecular formula is C32H35N3O4. The molecule has 1 aromatic heterocycles. The first-order chi connectivity index (χ1) is 18.8. The fraction of sp³-hybridized carbons (Fsp3) is 0.312. The molecule has 1 unspecified atom stereocenters. The molecule has 0 radical (unpaired) electrons. The van der Waals surface area contributed by atoms with Gasteiger partial charge in [-0.3, -0.25) is 9.89 Å². The summed E-state index contributed by atoms with van der Waals surface area (Å²) in [6.07, 6.45) is 0.830. The first-order valence-electron chi connectivity index (χ1n) is 13.4. The normalized spacial score (nSPS) is 14.7. The molecule has 1 atom stereocenters. The van der Waals surface area contributed by atoms with Gasteiger partial charge in [0.15, 0.2) is 0 Å². The van der Waals surface area contributed by atoms with Crippen LogP contribution in [-0.4, -0.2) is 45.4 Å². The van der Waals surface area contributed by atoms with Gasteiger partial charge in [-0.25, -0.2) is 0 Å². The molecule has 2 N–H and O–H groups in total. The summed E-state index contributed by atoms with van der Waals surface area (Å²) in [5, 5.41) is 18.5. The van der Waals surface area contributed by atoms with E-state index in [0.717, 1.165) is 33.6 Å². The van der Waals surface area contributed by atoms with Crippen molar-refractivity contribution < 1.29 is 19.4 Å². The Bertz CT molecular complexity index is 1440. The summed E-state index contributed by atoms with van der Waals surface area (Å²) < 4.78 is 11.9. The van der Waals surface area contributed by atoms with Crippen LogP contribution in [0.2, 0.25) is 0 Å². The van der Waals surface area contributed by atoms with Gasteiger partial charge in [-0.1, -0.05) is 48.5 Å². The minimum absolute atomic E-state index is 0.113. The van der Waals surface area contributed by atoms with Gasteiger partial charge in [-0.2, -0.15) is 5.10 Å². The van der Waals surface area contributed by atoms with Gasteiger partial charge >= 0.3 is 0 Å². The molecule has 0 aliphatic carbocycles. The maximum absolute atomic E-state index is 13.7. The number of aromatic hydroxyl groups is 1. The highest BCUT2D eigenvalue weighted by atomic mass is 16.5. The number of phenolic OH excluding ortho intramolecular Hbond substituents is 1. The number of aryl methyl sites for hydroxylation is 2. The van der Waals surface area contributed by atoms with E-state index < -0.39 is 0 Å². The van der Waals surface area contributed by atoms with Crippen LogP contribution in [0.1, 0.15) is 64.6 Å². The van der Waals surface area contributed by atoms with Crippen LogP contribution in [0, 0.1) is 13.8 Å². The fourth-order valence-electron chi connectivity index (χ4n) is 5.29. The third-order valence-corrected chi connectivity index (χ3v) is 6.98. The number of carbonyl (C=O) groups excluding carboxylic acids is 1. The van der Waals surface area contributed by atoms with Crippen LogP contribution in [0.5, 0.6) is 11.5 Å². The number of aromatic nitrogens is 2. The molecule has 4 aromatic rings. The minimum Gasteiger partial charge on any atom is -0.507 e. The largest absolute Gasteiger partial charge is 0.507 e. The lowest BCUT2D eigenvalue weighted by atomic mass is 9.93. The third-order valence-electron chi connectivity index (χ3n) is 6.98. The summed E-state index contributed by atoms with van der Waals surface area (Å²) in [6.45, 7) is 9.43. The van der Waals surface area contributed by atoms with E-state index in [-0.39, 0.29) is 23.8 Å². The molecule has 202 valence electrons. The van der Waals surface area contributed by atoms with E-state index in [0.29, 0.717) is 43.1 Å². The van der Waals surface area contributed by atoms with Crippen molar-refractivity contribution in [3.63, 3.8) is 0 Å². The van der Waals surface area contributed by atoms with Gasteiger partial charge in [-0.05, 0) is 74.6 Å². The van der Waals surface area contributed by atoms with Crippen molar-refractivity contribution in [2.24, 2.45) is 0 Å². The van der Waals surface area contributed by atoms with Crippen molar-refractivity contribution in [1.82, 2.24) is 15.1 Å². The summed E-state index contributed by atoms with van der Waals surface area (Å²) >= 11 is 0. The monoisotopic (exact) mass is 525 g/mol. The van der Waals surface area contributed by atoms with Crippen LogP contribution in [0.4, 0.5) is 0 Å². The number of nitrogens with zero attached hydrogens (tertiary/aromatic N) is 2. The number of aromatic amines is 1. The van der Waals surface area contributed by atoms with E-state index in [1.54, 1.807) is 6.07 Å². The first kappa shape index (κ1) is 26.5. The number of carbonyl (C=O) groups is 1. The highest BCUT2D eigenvalue weighted by Crippen LogP contribution is 2.46. The number of fused-ring (bicyclic) bond motifs is 1. The SMILES string of the molecule is Cc1cc(C)c(-c2n[nH]c3c2C(c2cccc(OCc4ccccc4)c2)N(CCCOC(C)C)C3=O)c(O)c1. The molecule has 0 spiro atoms. The van der Waals surface area contributed by atoms with E-state index in [9.17, 15) is 9.90 Å². The summed E-state index contributed by atoms with van der Waals surface area (Å²) in [4.78, 5) is 15.6. The van der Waals surface area contributed by atoms with Gasteiger partial charge in [0.25, 0.3) is 5.91 Å². The molecule has 39 heavy (non-hydrogen) atoms. The van der Waals surface area contributed by atoms with Gasteiger partial charge in [-0.15, -0.1) is 0 Å². The molecule has 0 saturated heterocycles. The zero-order valence-electron chi connectivity index (χ0n) is 22.9. The second-order valence-electron chi connectivity index (χ2n) is 10.4. The molecule has 7 heteroatoms. The van der Waals surface area contributed by atoms with E-state index in [1.165, 1.54) is 0 Å². The molecule has 0 fully saturated rings. The number of ether oxygens (including phenoxy) is 2. The van der Waals surface area contributed by atoms with Gasteiger partial charge in [0, 0.05) is 24.3 Å². The third kappa shape index (κ3) is 5.54. The number of nitrogens with one attached hydrogen (secondary N) is 1. The van der Waals surface area contributed by atoms with E-state index in [1.807, 2.05) is 93.3 Å². The number of hydrogen-bond donors (Lipinski definition) is 2. The molecule has 3 aromatic carbocycles. The van der Waals surface area contributed by atoms with E-state index in [2.05, 4.69) is 10.2 Å². The standard InChI is InChI=1S/C32H35N3O4/c1-20(2)38-15-9-14-35-31(24-12-8-13-25(18-24)39-19-23-10-6-5-7-11-23)28-29(33-34-30(28)32(35)37)27-22(4)16-21(3)17-26(27)36/h5-8,10-13,16-18,20,31,36H,9,14-15,19H2,1-4H3,(H,33,34). The molecule has 5 rings (SSSR count). The van der Waals surface area contributed by atoms with Crippen molar-refractivity contribution in [2.75, 3.05) is 13.2 Å². The molecule has 1 amide bonds. The number of rotatable bonds is 10. The Morgan fingerprint density at radius 2 is 1.85 bits per heavy atom. The summed E-state index contributed by atoms with van der Waals surface area (Å²) in [5.41, 5.74) is 6.31. The molecule has 1 aliphatic heterocycles. The van der Waals surface area contributed by atoms with Crippen molar-refractivity contribution >= 4 is 5.91 Å². The molecule has 0 bridgehead atoms. The van der Waals surface area contributed by atoms with Crippen molar-refractivity contribution in [3.05, 3.63) is 100 Å². The van der Waals surface area contributed by atoms with E-state index in [4.69, 9.17) is 9.47 Å². The van der Waals surface area contributed by atoms with Crippen molar-refractivity contribution in [3.8, 4) is 22.8 Å². The van der Waals surface area contributed by atoms with Crippen molar-refractivity contribution in [1.29, 1.82) is 0 Å². The van der Waals surface area contributed by atoms with E-state index >= 15 is 0 Å². The predicted molar refractivity (Wildman–Crippen MR) is 151 cm³/mol. The first-order valence-corrected chi connectivity index (χ1v) is 13.4. The Morgan fingerprint density at radius 1 is 1.05 bits per heavy atom. The maximum Gasteiger partial charge on any atom is 0.273 e. The highest BCUT2D eigenvalue weighted by Gasteiger charge is 2.42. The van der Waals surface area contributed by atoms with Gasteiger partial charge in [0.1, 0.15) is 29.5 Å². The zero-order valence-corrected chi connectivity index (χ0v) is 22.9. The van der Waals surface area contributed by atoms with Crippen LogP contribution >= 0.6 is 0 Å². The summed E-state index contributed by atoms with van der Waals surface area (Å²) in [5.74, 6) is 0.759. The second kappa shape index (κ2) is 11.3. The van der Waals surface area contributed by atoms with Crippen LogP contribution in [0.15, 0.2) is 66.7 Å². The fourth-order valence-corrected chi connectivity index (χ4v) is 5.29. The Labute approximate surface area is 229 Å². The van der Waals surface area contributed by atoms with Crippen LogP contribution in [0.25, 0.3) is 11.3 Å². The zero-order chi connectivity index (χ0) is 27.5. The average molecular weight is 526 g/mol. The Balaban J connectivity index is 1.53. The average Bonchev–Trinajstić information content (AvgIpc) is 3.44. The molecule has 2 heterocycles. The number of H-pyrrole nitrogens is 1. The van der Waals surface area contributed by atoms with Crippen LogP contribution in [-0.2, 0) is 11.3 Å². The maximum atomic E-state index is 13.7. The molecule has 1 aliphatic rings. The lowest BCUT2D eigenvalue weighted by molar-refractivity contribution is 0.0601. The van der Waals surface area contributed by atoms with Crippen LogP contribution < -0.4 is 4.74 Å². The quantitative estimate of drug-likeness (QED) is 0.236. The van der Waals surface area contributed by atoms with Crippen LogP contribution in [0.3, 0.4) is 0 Å². The Morgan fingerprint density at radius 3 is 2.59 bits per heavy atom. The second-order valence-corrected chi connectivity index (χ2v) is 10.4. The Hall–Kier alpha value is -4.10. The van der Waals surface area contributed by atoms with Crippen molar-refractivity contribution in [2.45, 2.75) is 52.9 Å². The van der Waals surface area contributed by atoms with Gasteiger partial charge in [0.2, 0.25) is 0 Å². The molecular weight excluding hydrogens is 490 g/mol. The number of benzene rings is 3.